The summed E-state index contributed by atoms with van der Waals surface area (Å²) in [6.07, 6.45) is 1.05. The van der Waals surface area contributed by atoms with Crippen molar-refractivity contribution in [1.29, 1.82) is 0 Å². The van der Waals surface area contributed by atoms with E-state index in [1.54, 1.807) is 0 Å². The van der Waals surface area contributed by atoms with Gasteiger partial charge < -0.3 is 5.32 Å². The van der Waals surface area contributed by atoms with E-state index in [2.05, 4.69) is 15.3 Å². The predicted molar refractivity (Wildman–Crippen MR) is 92.2 cm³/mol. The van der Waals surface area contributed by atoms with E-state index < -0.39 is 38.6 Å². The fourth-order valence-electron chi connectivity index (χ4n) is 2.22. The topological polar surface area (TPSA) is 127 Å². The number of anilines is 2. The van der Waals surface area contributed by atoms with Crippen LogP contribution in [0.1, 0.15) is 24.2 Å². The van der Waals surface area contributed by atoms with Gasteiger partial charge in [-0.15, -0.1) is 0 Å². The van der Waals surface area contributed by atoms with E-state index in [1.165, 1.54) is 13.0 Å². The SMILES string of the molecule is CCC(c1ccc(F)c(NC(=O)Nc2cc(Cl)ncn2)c1F)S(N)(=O)=O. The van der Waals surface area contributed by atoms with Gasteiger partial charge in [-0.1, -0.05) is 24.6 Å². The first-order valence-electron chi connectivity index (χ1n) is 7.18. The van der Waals surface area contributed by atoms with E-state index in [0.29, 0.717) is 0 Å². The Bertz CT molecular complexity index is 942. The molecule has 0 saturated carbocycles. The molecule has 1 atom stereocenters. The molecule has 8 nitrogen and oxygen atoms in total. The quantitative estimate of drug-likeness (QED) is 0.659. The third-order valence-corrected chi connectivity index (χ3v) is 4.94. The van der Waals surface area contributed by atoms with Gasteiger partial charge in [0.25, 0.3) is 0 Å². The standard InChI is InChI=1S/C14H14ClF2N5O3S/c1-2-9(26(18,24)25)7-3-4-8(16)13(12(7)17)22-14(23)21-11-5-10(15)19-6-20-11/h3-6,9H,2H2,1H3,(H2,18,24,25)(H2,19,20,21,22,23). The van der Waals surface area contributed by atoms with E-state index in [4.69, 9.17) is 16.7 Å². The number of benzene rings is 1. The molecule has 4 N–H and O–H groups in total. The van der Waals surface area contributed by atoms with Crippen LogP contribution in [0, 0.1) is 11.6 Å². The average molecular weight is 406 g/mol. The largest absolute Gasteiger partial charge is 0.325 e. The number of nitrogens with zero attached hydrogens (tertiary/aromatic N) is 2. The van der Waals surface area contributed by atoms with Crippen molar-refractivity contribution in [3.05, 3.63) is 46.9 Å². The number of amides is 2. The second-order valence-electron chi connectivity index (χ2n) is 5.12. The lowest BCUT2D eigenvalue weighted by Gasteiger charge is -2.17. The molecule has 0 aliphatic heterocycles. The molecule has 140 valence electrons. The molecule has 1 aromatic heterocycles. The van der Waals surface area contributed by atoms with Crippen molar-refractivity contribution < 1.29 is 22.0 Å². The number of halogens is 3. The Hall–Kier alpha value is -2.37. The summed E-state index contributed by atoms with van der Waals surface area (Å²) in [5, 5.41) is 7.94. The fraction of sp³-hybridized carbons (Fsp3) is 0.214. The molecule has 2 aromatic rings. The van der Waals surface area contributed by atoms with E-state index >= 15 is 0 Å². The highest BCUT2D eigenvalue weighted by atomic mass is 35.5. The van der Waals surface area contributed by atoms with Gasteiger partial charge in [0.15, 0.2) is 5.82 Å². The number of hydrogen-bond acceptors (Lipinski definition) is 5. The lowest BCUT2D eigenvalue weighted by atomic mass is 10.1. The maximum Gasteiger partial charge on any atom is 0.325 e. The van der Waals surface area contributed by atoms with Crippen LogP contribution >= 0.6 is 11.6 Å². The first-order chi connectivity index (χ1) is 12.1. The molecular weight excluding hydrogens is 392 g/mol. The molecule has 0 aliphatic carbocycles. The Kier molecular flexibility index (Phi) is 6.05. The second kappa shape index (κ2) is 7.89. The molecule has 2 rings (SSSR count). The molecule has 0 radical (unpaired) electrons. The van der Waals surface area contributed by atoms with Crippen molar-refractivity contribution in [3.8, 4) is 0 Å². The summed E-state index contributed by atoms with van der Waals surface area (Å²) in [7, 11) is -4.12. The number of carbonyl (C=O) groups excluding carboxylic acids is 1. The molecule has 0 saturated heterocycles. The van der Waals surface area contributed by atoms with Gasteiger partial charge in [0.2, 0.25) is 10.0 Å². The maximum atomic E-state index is 14.6. The van der Waals surface area contributed by atoms with Crippen LogP contribution in [0.25, 0.3) is 0 Å². The molecular formula is C14H14ClF2N5O3S. The number of nitrogens with one attached hydrogen (secondary N) is 2. The monoisotopic (exact) mass is 405 g/mol. The molecule has 12 heteroatoms. The average Bonchev–Trinajstić information content (AvgIpc) is 2.53. The second-order valence-corrected chi connectivity index (χ2v) is 7.25. The zero-order valence-electron chi connectivity index (χ0n) is 13.3. The smallest absolute Gasteiger partial charge is 0.303 e. The number of rotatable bonds is 5. The van der Waals surface area contributed by atoms with Crippen molar-refractivity contribution in [3.63, 3.8) is 0 Å². The minimum atomic E-state index is -4.12. The van der Waals surface area contributed by atoms with Crippen LogP contribution in [0.3, 0.4) is 0 Å². The molecule has 1 heterocycles. The van der Waals surface area contributed by atoms with E-state index in [-0.39, 0.29) is 23.0 Å². The Labute approximate surface area is 152 Å². The van der Waals surface area contributed by atoms with E-state index in [9.17, 15) is 22.0 Å². The van der Waals surface area contributed by atoms with Crippen LogP contribution in [-0.2, 0) is 10.0 Å². The van der Waals surface area contributed by atoms with Gasteiger partial charge in [0.05, 0.1) is 0 Å². The summed E-state index contributed by atoms with van der Waals surface area (Å²) in [6.45, 7) is 1.48. The zero-order chi connectivity index (χ0) is 19.5. The van der Waals surface area contributed by atoms with Crippen LogP contribution in [0.4, 0.5) is 25.1 Å². The van der Waals surface area contributed by atoms with Gasteiger partial charge in [-0.3, -0.25) is 5.32 Å². The van der Waals surface area contributed by atoms with Crippen molar-refractivity contribution >= 4 is 39.2 Å². The third-order valence-electron chi connectivity index (χ3n) is 3.35. The normalized spacial score (nSPS) is 12.5. The molecule has 0 aliphatic rings. The predicted octanol–water partition coefficient (Wildman–Crippen LogP) is 2.79. The lowest BCUT2D eigenvalue weighted by molar-refractivity contribution is 0.262. The number of carbonyl (C=O) groups is 1. The highest BCUT2D eigenvalue weighted by Crippen LogP contribution is 2.31. The van der Waals surface area contributed by atoms with Gasteiger partial charge in [0.1, 0.15) is 34.1 Å². The summed E-state index contributed by atoms with van der Waals surface area (Å²) in [6, 6.07) is 2.01. The Morgan fingerprint density at radius 2 is 2.00 bits per heavy atom. The molecule has 1 unspecified atom stereocenters. The zero-order valence-corrected chi connectivity index (χ0v) is 14.9. The van der Waals surface area contributed by atoms with Crippen molar-refractivity contribution in [2.75, 3.05) is 10.6 Å². The van der Waals surface area contributed by atoms with Crippen molar-refractivity contribution in [2.45, 2.75) is 18.6 Å². The Balaban J connectivity index is 2.32. The van der Waals surface area contributed by atoms with E-state index in [1.807, 2.05) is 5.32 Å². The van der Waals surface area contributed by atoms with Gasteiger partial charge in [-0.25, -0.2) is 37.1 Å². The van der Waals surface area contributed by atoms with Crippen LogP contribution in [0.15, 0.2) is 24.5 Å². The molecule has 0 spiro atoms. The van der Waals surface area contributed by atoms with Crippen LogP contribution in [0.2, 0.25) is 5.15 Å². The van der Waals surface area contributed by atoms with Gasteiger partial charge >= 0.3 is 6.03 Å². The van der Waals surface area contributed by atoms with Crippen LogP contribution in [0.5, 0.6) is 0 Å². The van der Waals surface area contributed by atoms with Crippen LogP contribution < -0.4 is 15.8 Å². The Morgan fingerprint density at radius 1 is 1.31 bits per heavy atom. The summed E-state index contributed by atoms with van der Waals surface area (Å²) in [4.78, 5) is 19.3. The van der Waals surface area contributed by atoms with Crippen molar-refractivity contribution in [1.82, 2.24) is 9.97 Å². The molecule has 2 amide bonds. The van der Waals surface area contributed by atoms with Crippen molar-refractivity contribution in [2.24, 2.45) is 5.14 Å². The fourth-order valence-corrected chi connectivity index (χ4v) is 3.37. The van der Waals surface area contributed by atoms with Gasteiger partial charge in [0, 0.05) is 11.6 Å². The molecule has 0 fully saturated rings. The highest BCUT2D eigenvalue weighted by molar-refractivity contribution is 7.89. The van der Waals surface area contributed by atoms with E-state index in [0.717, 1.165) is 18.5 Å². The number of hydrogen-bond donors (Lipinski definition) is 3. The summed E-state index contributed by atoms with van der Waals surface area (Å²) in [5.74, 6) is -2.33. The minimum absolute atomic E-state index is 0.00422. The third kappa shape index (κ3) is 4.62. The number of nitrogens with two attached hydrogens (primary N) is 1. The molecule has 26 heavy (non-hydrogen) atoms. The number of primary sulfonamides is 1. The van der Waals surface area contributed by atoms with Gasteiger partial charge in [-0.2, -0.15) is 0 Å². The lowest BCUT2D eigenvalue weighted by Crippen LogP contribution is -2.24. The summed E-state index contributed by atoms with van der Waals surface area (Å²) in [5.41, 5.74) is -1.17. The first kappa shape index (κ1) is 19.9. The number of aromatic nitrogens is 2. The van der Waals surface area contributed by atoms with Crippen LogP contribution in [-0.4, -0.2) is 24.4 Å². The summed E-state index contributed by atoms with van der Waals surface area (Å²) < 4.78 is 51.8. The Morgan fingerprint density at radius 3 is 2.58 bits per heavy atom. The summed E-state index contributed by atoms with van der Waals surface area (Å²) >= 11 is 5.64. The minimum Gasteiger partial charge on any atom is -0.303 e. The maximum absolute atomic E-state index is 14.6. The molecule has 0 bridgehead atoms. The number of urea groups is 1. The first-order valence-corrected chi connectivity index (χ1v) is 9.17. The highest BCUT2D eigenvalue weighted by Gasteiger charge is 2.28. The van der Waals surface area contributed by atoms with Gasteiger partial charge in [-0.05, 0) is 12.5 Å². The molecule has 1 aromatic carbocycles. The number of sulfonamides is 1.